The van der Waals surface area contributed by atoms with Crippen molar-refractivity contribution in [3.63, 3.8) is 0 Å². The Morgan fingerprint density at radius 3 is 2.76 bits per heavy atom. The van der Waals surface area contributed by atoms with Crippen LogP contribution < -0.4 is 10.9 Å². The second-order valence-corrected chi connectivity index (χ2v) is 9.43. The van der Waals surface area contributed by atoms with Crippen LogP contribution in [0.4, 0.5) is 0 Å². The van der Waals surface area contributed by atoms with Gasteiger partial charge in [-0.05, 0) is 80.1 Å². The number of aromatic amines is 1. The molecule has 0 radical (unpaired) electrons. The Bertz CT molecular complexity index is 1170. The monoisotopic (exact) mass is 462 g/mol. The SMILES string of the molecule is CCN1CCC[C@@H]1CN(Cc1cc2ccc(C)c(C)c2[nH]c1=O)C(=S)NCc1ccccc1. The van der Waals surface area contributed by atoms with Crippen LogP contribution in [0.15, 0.2) is 53.3 Å². The van der Waals surface area contributed by atoms with Crippen LogP contribution in [0.3, 0.4) is 0 Å². The predicted molar refractivity (Wildman–Crippen MR) is 141 cm³/mol. The number of likely N-dealkylation sites (N-methyl/N-ethyl adjacent to an activating group) is 1. The summed E-state index contributed by atoms with van der Waals surface area (Å²) in [4.78, 5) is 20.9. The molecule has 1 aliphatic heterocycles. The molecule has 2 heterocycles. The molecule has 33 heavy (non-hydrogen) atoms. The lowest BCUT2D eigenvalue weighted by molar-refractivity contribution is 0.219. The minimum atomic E-state index is -0.0363. The van der Waals surface area contributed by atoms with E-state index < -0.39 is 0 Å². The first-order valence-corrected chi connectivity index (χ1v) is 12.3. The lowest BCUT2D eigenvalue weighted by Gasteiger charge is -2.32. The first-order valence-electron chi connectivity index (χ1n) is 11.9. The highest BCUT2D eigenvalue weighted by atomic mass is 32.1. The van der Waals surface area contributed by atoms with Gasteiger partial charge >= 0.3 is 0 Å². The Hall–Kier alpha value is -2.70. The molecule has 5 nitrogen and oxygen atoms in total. The molecule has 1 saturated heterocycles. The molecule has 6 heteroatoms. The zero-order valence-corrected chi connectivity index (χ0v) is 20.7. The van der Waals surface area contributed by atoms with E-state index in [0.717, 1.165) is 48.1 Å². The fourth-order valence-electron chi connectivity index (χ4n) is 4.77. The zero-order valence-electron chi connectivity index (χ0n) is 19.9. The predicted octanol–water partition coefficient (Wildman–Crippen LogP) is 4.51. The van der Waals surface area contributed by atoms with Crippen molar-refractivity contribution in [3.8, 4) is 0 Å². The minimum Gasteiger partial charge on any atom is -0.358 e. The van der Waals surface area contributed by atoms with E-state index in [4.69, 9.17) is 12.2 Å². The number of hydrogen-bond acceptors (Lipinski definition) is 3. The summed E-state index contributed by atoms with van der Waals surface area (Å²) >= 11 is 5.84. The third-order valence-corrected chi connectivity index (χ3v) is 7.30. The van der Waals surface area contributed by atoms with Crippen molar-refractivity contribution in [2.24, 2.45) is 0 Å². The molecule has 0 bridgehead atoms. The highest BCUT2D eigenvalue weighted by Gasteiger charge is 2.26. The van der Waals surface area contributed by atoms with Crippen LogP contribution in [0.5, 0.6) is 0 Å². The number of thiocarbonyl (C=S) groups is 1. The largest absolute Gasteiger partial charge is 0.358 e. The van der Waals surface area contributed by atoms with Gasteiger partial charge in [0.15, 0.2) is 5.11 Å². The van der Waals surface area contributed by atoms with E-state index in [9.17, 15) is 4.79 Å². The van der Waals surface area contributed by atoms with Gasteiger partial charge in [-0.1, -0.05) is 49.4 Å². The molecular formula is C27H34N4OS. The van der Waals surface area contributed by atoms with Crippen molar-refractivity contribution in [2.75, 3.05) is 19.6 Å². The summed E-state index contributed by atoms with van der Waals surface area (Å²) in [5, 5.41) is 5.18. The summed E-state index contributed by atoms with van der Waals surface area (Å²) in [7, 11) is 0. The second-order valence-electron chi connectivity index (χ2n) is 9.04. The van der Waals surface area contributed by atoms with Crippen molar-refractivity contribution in [3.05, 3.63) is 81.1 Å². The Labute approximate surface area is 201 Å². The maximum atomic E-state index is 13.0. The summed E-state index contributed by atoms with van der Waals surface area (Å²) in [6.07, 6.45) is 2.38. The number of fused-ring (bicyclic) bond motifs is 1. The van der Waals surface area contributed by atoms with Crippen molar-refractivity contribution in [1.29, 1.82) is 0 Å². The molecule has 0 saturated carbocycles. The quantitative estimate of drug-likeness (QED) is 0.506. The van der Waals surface area contributed by atoms with Gasteiger partial charge in [0.1, 0.15) is 0 Å². The van der Waals surface area contributed by atoms with E-state index in [1.54, 1.807) is 0 Å². The molecular weight excluding hydrogens is 428 g/mol. The summed E-state index contributed by atoms with van der Waals surface area (Å²) in [6.45, 7) is 10.5. The number of nitrogens with zero attached hydrogens (tertiary/aromatic N) is 2. The molecule has 2 N–H and O–H groups in total. The molecule has 3 aromatic rings. The number of pyridine rings is 1. The maximum absolute atomic E-state index is 13.0. The number of hydrogen-bond donors (Lipinski definition) is 2. The third kappa shape index (κ3) is 5.45. The normalized spacial score (nSPS) is 16.3. The van der Waals surface area contributed by atoms with Crippen LogP contribution in [0, 0.1) is 13.8 Å². The van der Waals surface area contributed by atoms with E-state index in [1.165, 1.54) is 17.5 Å². The van der Waals surface area contributed by atoms with Gasteiger partial charge in [0.2, 0.25) is 0 Å². The molecule has 4 rings (SSSR count). The molecule has 0 unspecified atom stereocenters. The Morgan fingerprint density at radius 2 is 2.00 bits per heavy atom. The zero-order chi connectivity index (χ0) is 23.4. The Balaban J connectivity index is 1.58. The van der Waals surface area contributed by atoms with E-state index in [2.05, 4.69) is 65.1 Å². The molecule has 1 atom stereocenters. The summed E-state index contributed by atoms with van der Waals surface area (Å²) in [5.74, 6) is 0. The van der Waals surface area contributed by atoms with Crippen molar-refractivity contribution >= 4 is 28.2 Å². The Kier molecular flexibility index (Phi) is 7.46. The molecule has 0 spiro atoms. The van der Waals surface area contributed by atoms with Gasteiger partial charge in [-0.2, -0.15) is 0 Å². The second kappa shape index (κ2) is 10.5. The first-order chi connectivity index (χ1) is 16.0. The molecule has 1 aliphatic rings. The lowest BCUT2D eigenvalue weighted by atomic mass is 10.0. The van der Waals surface area contributed by atoms with Crippen LogP contribution in [-0.4, -0.2) is 45.6 Å². The molecule has 174 valence electrons. The van der Waals surface area contributed by atoms with Crippen molar-refractivity contribution in [2.45, 2.75) is 52.7 Å². The third-order valence-electron chi connectivity index (χ3n) is 6.90. The van der Waals surface area contributed by atoms with Crippen LogP contribution in [0.2, 0.25) is 0 Å². The highest BCUT2D eigenvalue weighted by molar-refractivity contribution is 7.80. The van der Waals surface area contributed by atoms with Gasteiger partial charge in [0.25, 0.3) is 5.56 Å². The topological polar surface area (TPSA) is 51.4 Å². The first kappa shape index (κ1) is 23.5. The van der Waals surface area contributed by atoms with Crippen molar-refractivity contribution in [1.82, 2.24) is 20.1 Å². The van der Waals surface area contributed by atoms with E-state index >= 15 is 0 Å². The maximum Gasteiger partial charge on any atom is 0.253 e. The number of H-pyrrole nitrogens is 1. The number of rotatable bonds is 7. The lowest BCUT2D eigenvalue weighted by Crippen LogP contribution is -2.46. The number of benzene rings is 2. The fraction of sp³-hybridized carbons (Fsp3) is 0.407. The van der Waals surface area contributed by atoms with Gasteiger partial charge in [0.05, 0.1) is 12.1 Å². The summed E-state index contributed by atoms with van der Waals surface area (Å²) in [5.41, 5.74) is 5.12. The average Bonchev–Trinajstić information content (AvgIpc) is 3.28. The number of aryl methyl sites for hydroxylation is 2. The van der Waals surface area contributed by atoms with Gasteiger partial charge in [-0.3, -0.25) is 9.69 Å². The summed E-state index contributed by atoms with van der Waals surface area (Å²) in [6, 6.07) is 17.0. The Morgan fingerprint density at radius 1 is 1.21 bits per heavy atom. The van der Waals surface area contributed by atoms with Crippen LogP contribution in [0.25, 0.3) is 10.9 Å². The highest BCUT2D eigenvalue weighted by Crippen LogP contribution is 2.21. The van der Waals surface area contributed by atoms with Gasteiger partial charge in [0, 0.05) is 24.7 Å². The van der Waals surface area contributed by atoms with Crippen LogP contribution in [0.1, 0.15) is 42.0 Å². The van der Waals surface area contributed by atoms with Crippen LogP contribution >= 0.6 is 12.2 Å². The summed E-state index contributed by atoms with van der Waals surface area (Å²) < 4.78 is 0. The van der Waals surface area contributed by atoms with E-state index in [1.807, 2.05) is 24.3 Å². The standard InChI is InChI=1S/C27H34N4OS/c1-4-30-14-8-11-24(30)18-31(27(33)28-16-21-9-6-5-7-10-21)17-23-15-22-13-12-19(2)20(3)25(22)29-26(23)32/h5-7,9-10,12-13,15,24H,4,8,11,14,16-18H2,1-3H3,(H,28,33)(H,29,32)/t24-/m1/s1. The molecule has 0 amide bonds. The number of aromatic nitrogens is 1. The van der Waals surface area contributed by atoms with E-state index in [-0.39, 0.29) is 5.56 Å². The van der Waals surface area contributed by atoms with Crippen LogP contribution in [-0.2, 0) is 13.1 Å². The van der Waals surface area contributed by atoms with Gasteiger partial charge in [-0.25, -0.2) is 0 Å². The van der Waals surface area contributed by atoms with Gasteiger partial charge in [-0.15, -0.1) is 0 Å². The smallest absolute Gasteiger partial charge is 0.253 e. The van der Waals surface area contributed by atoms with Gasteiger partial charge < -0.3 is 15.2 Å². The molecule has 1 aromatic heterocycles. The molecule has 1 fully saturated rings. The number of likely N-dealkylation sites (tertiary alicyclic amines) is 1. The molecule has 0 aliphatic carbocycles. The van der Waals surface area contributed by atoms with Crippen molar-refractivity contribution < 1.29 is 0 Å². The van der Waals surface area contributed by atoms with E-state index in [0.29, 0.717) is 24.2 Å². The fourth-order valence-corrected chi connectivity index (χ4v) is 4.98. The molecule has 2 aromatic carbocycles. The number of nitrogens with one attached hydrogen (secondary N) is 2. The minimum absolute atomic E-state index is 0.0363. The average molecular weight is 463 g/mol.